The van der Waals surface area contributed by atoms with Gasteiger partial charge in [-0.25, -0.2) is 4.98 Å². The van der Waals surface area contributed by atoms with Crippen LogP contribution in [0.4, 0.5) is 0 Å². The zero-order valence-corrected chi connectivity index (χ0v) is 11.9. The summed E-state index contributed by atoms with van der Waals surface area (Å²) in [7, 11) is 1.75. The summed E-state index contributed by atoms with van der Waals surface area (Å²) in [6, 6.07) is 9.34. The van der Waals surface area contributed by atoms with Crippen LogP contribution in [-0.4, -0.2) is 33.0 Å². The molecule has 0 aliphatic rings. The standard InChI is InChI=1S/C15H16N4O2/c1-10(11-7-8-21-18-11)19(2)15(20)9-14-16-12-5-3-4-6-13(12)17-14/h3-8,10H,9H2,1-2H3,(H,16,17)/t10-/m0/s1. The van der Waals surface area contributed by atoms with E-state index in [0.29, 0.717) is 5.82 Å². The highest BCUT2D eigenvalue weighted by atomic mass is 16.5. The molecule has 0 fully saturated rings. The highest BCUT2D eigenvalue weighted by molar-refractivity contribution is 5.80. The van der Waals surface area contributed by atoms with Gasteiger partial charge in [0.2, 0.25) is 5.91 Å². The van der Waals surface area contributed by atoms with Crippen molar-refractivity contribution in [1.82, 2.24) is 20.0 Å². The Morgan fingerprint density at radius 3 is 2.90 bits per heavy atom. The first-order valence-corrected chi connectivity index (χ1v) is 6.74. The van der Waals surface area contributed by atoms with Crippen molar-refractivity contribution >= 4 is 16.9 Å². The summed E-state index contributed by atoms with van der Waals surface area (Å²) in [6.45, 7) is 1.91. The molecule has 21 heavy (non-hydrogen) atoms. The molecule has 1 N–H and O–H groups in total. The molecule has 1 aromatic carbocycles. The van der Waals surface area contributed by atoms with E-state index < -0.39 is 0 Å². The number of para-hydroxylation sites is 2. The van der Waals surface area contributed by atoms with Gasteiger partial charge in [-0.3, -0.25) is 4.79 Å². The molecule has 1 amide bonds. The quantitative estimate of drug-likeness (QED) is 0.797. The SMILES string of the molecule is C[C@@H](c1ccon1)N(C)C(=O)Cc1nc2ccccc2[nH]1. The van der Waals surface area contributed by atoms with E-state index in [2.05, 4.69) is 15.1 Å². The Bertz CT molecular complexity index is 715. The van der Waals surface area contributed by atoms with Crippen molar-refractivity contribution in [3.63, 3.8) is 0 Å². The van der Waals surface area contributed by atoms with Gasteiger partial charge in [0.1, 0.15) is 17.8 Å². The second-order valence-corrected chi connectivity index (χ2v) is 4.98. The number of amides is 1. The first-order chi connectivity index (χ1) is 10.1. The number of carbonyl (C=O) groups is 1. The number of hydrogen-bond donors (Lipinski definition) is 1. The second kappa shape index (κ2) is 5.40. The van der Waals surface area contributed by atoms with Gasteiger partial charge in [-0.15, -0.1) is 0 Å². The zero-order valence-electron chi connectivity index (χ0n) is 11.9. The van der Waals surface area contributed by atoms with Crippen LogP contribution in [0.5, 0.6) is 0 Å². The van der Waals surface area contributed by atoms with E-state index >= 15 is 0 Å². The normalized spacial score (nSPS) is 12.5. The Hall–Kier alpha value is -2.63. The molecule has 0 unspecified atom stereocenters. The first kappa shape index (κ1) is 13.4. The molecule has 0 saturated heterocycles. The first-order valence-electron chi connectivity index (χ1n) is 6.74. The maximum Gasteiger partial charge on any atom is 0.230 e. The Morgan fingerprint density at radius 2 is 2.19 bits per heavy atom. The summed E-state index contributed by atoms with van der Waals surface area (Å²) in [5.74, 6) is 0.643. The minimum Gasteiger partial charge on any atom is -0.364 e. The van der Waals surface area contributed by atoms with Crippen LogP contribution in [0.15, 0.2) is 41.1 Å². The van der Waals surface area contributed by atoms with Crippen LogP contribution in [0.3, 0.4) is 0 Å². The number of likely N-dealkylation sites (N-methyl/N-ethyl adjacent to an activating group) is 1. The lowest BCUT2D eigenvalue weighted by Gasteiger charge is -2.22. The third-order valence-corrected chi connectivity index (χ3v) is 3.62. The predicted molar refractivity (Wildman–Crippen MR) is 77.5 cm³/mol. The highest BCUT2D eigenvalue weighted by Gasteiger charge is 2.20. The molecule has 2 aromatic heterocycles. The van der Waals surface area contributed by atoms with Gasteiger partial charge in [-0.05, 0) is 19.1 Å². The van der Waals surface area contributed by atoms with Crippen LogP contribution in [0, 0.1) is 0 Å². The summed E-state index contributed by atoms with van der Waals surface area (Å²) >= 11 is 0. The monoisotopic (exact) mass is 284 g/mol. The molecule has 0 aliphatic heterocycles. The maximum absolute atomic E-state index is 12.3. The largest absolute Gasteiger partial charge is 0.364 e. The lowest BCUT2D eigenvalue weighted by atomic mass is 10.2. The van der Waals surface area contributed by atoms with E-state index in [4.69, 9.17) is 4.52 Å². The fraction of sp³-hybridized carbons (Fsp3) is 0.267. The zero-order chi connectivity index (χ0) is 14.8. The fourth-order valence-electron chi connectivity index (χ4n) is 2.21. The van der Waals surface area contributed by atoms with Crippen molar-refractivity contribution < 1.29 is 9.32 Å². The molecule has 0 saturated carbocycles. The average molecular weight is 284 g/mol. The van der Waals surface area contributed by atoms with Crippen LogP contribution in [-0.2, 0) is 11.2 Å². The van der Waals surface area contributed by atoms with Crippen molar-refractivity contribution in [3.8, 4) is 0 Å². The van der Waals surface area contributed by atoms with Crippen LogP contribution in [0.1, 0.15) is 24.5 Å². The van der Waals surface area contributed by atoms with Crippen molar-refractivity contribution in [3.05, 3.63) is 48.1 Å². The topological polar surface area (TPSA) is 75.0 Å². The number of carbonyl (C=O) groups excluding carboxylic acids is 1. The van der Waals surface area contributed by atoms with Gasteiger partial charge >= 0.3 is 0 Å². The Labute approximate surface area is 121 Å². The summed E-state index contributed by atoms with van der Waals surface area (Å²) in [5.41, 5.74) is 2.54. The molecule has 0 spiro atoms. The van der Waals surface area contributed by atoms with Crippen molar-refractivity contribution in [2.45, 2.75) is 19.4 Å². The summed E-state index contributed by atoms with van der Waals surface area (Å²) in [5, 5.41) is 3.87. The van der Waals surface area contributed by atoms with Gasteiger partial charge in [0, 0.05) is 13.1 Å². The third-order valence-electron chi connectivity index (χ3n) is 3.62. The summed E-state index contributed by atoms with van der Waals surface area (Å²) in [6.07, 6.45) is 1.73. The number of hydrogen-bond acceptors (Lipinski definition) is 4. The van der Waals surface area contributed by atoms with Crippen LogP contribution in [0.25, 0.3) is 11.0 Å². The van der Waals surface area contributed by atoms with Crippen LogP contribution < -0.4 is 0 Å². The molecule has 3 rings (SSSR count). The number of benzene rings is 1. The minimum absolute atomic E-state index is 0.0236. The fourth-order valence-corrected chi connectivity index (χ4v) is 2.21. The van der Waals surface area contributed by atoms with Gasteiger partial charge < -0.3 is 14.4 Å². The molecule has 6 heteroatoms. The van der Waals surface area contributed by atoms with Crippen molar-refractivity contribution in [1.29, 1.82) is 0 Å². The van der Waals surface area contributed by atoms with E-state index in [1.807, 2.05) is 31.2 Å². The van der Waals surface area contributed by atoms with Gasteiger partial charge in [-0.2, -0.15) is 0 Å². The number of nitrogens with one attached hydrogen (secondary N) is 1. The molecular formula is C15H16N4O2. The number of aromatic nitrogens is 3. The number of nitrogens with zero attached hydrogens (tertiary/aromatic N) is 3. The Kier molecular flexibility index (Phi) is 3.43. The minimum atomic E-state index is -0.138. The Morgan fingerprint density at radius 1 is 1.38 bits per heavy atom. The lowest BCUT2D eigenvalue weighted by Crippen LogP contribution is -2.31. The van der Waals surface area contributed by atoms with Crippen molar-refractivity contribution in [2.75, 3.05) is 7.05 Å². The number of imidazole rings is 1. The maximum atomic E-state index is 12.3. The number of fused-ring (bicyclic) bond motifs is 1. The van der Waals surface area contributed by atoms with E-state index in [1.165, 1.54) is 6.26 Å². The molecule has 6 nitrogen and oxygen atoms in total. The van der Waals surface area contributed by atoms with Crippen molar-refractivity contribution in [2.24, 2.45) is 0 Å². The van der Waals surface area contributed by atoms with Gasteiger partial charge in [0.05, 0.1) is 23.5 Å². The van der Waals surface area contributed by atoms with Gasteiger partial charge in [-0.1, -0.05) is 17.3 Å². The summed E-state index contributed by atoms with van der Waals surface area (Å²) in [4.78, 5) is 21.6. The highest BCUT2D eigenvalue weighted by Crippen LogP contribution is 2.18. The van der Waals surface area contributed by atoms with E-state index in [9.17, 15) is 4.79 Å². The number of H-pyrrole nitrogens is 1. The predicted octanol–water partition coefficient (Wildman–Crippen LogP) is 2.31. The summed E-state index contributed by atoms with van der Waals surface area (Å²) < 4.78 is 4.82. The average Bonchev–Trinajstić information content (AvgIpc) is 3.14. The Balaban J connectivity index is 1.73. The van der Waals surface area contributed by atoms with Crippen LogP contribution in [0.2, 0.25) is 0 Å². The third kappa shape index (κ3) is 2.65. The molecule has 1 atom stereocenters. The molecule has 0 aliphatic carbocycles. The number of rotatable bonds is 4. The van der Waals surface area contributed by atoms with E-state index in [-0.39, 0.29) is 18.4 Å². The molecule has 0 radical (unpaired) electrons. The van der Waals surface area contributed by atoms with Gasteiger partial charge in [0.25, 0.3) is 0 Å². The number of aromatic amines is 1. The smallest absolute Gasteiger partial charge is 0.230 e. The molecule has 2 heterocycles. The van der Waals surface area contributed by atoms with E-state index in [1.54, 1.807) is 18.0 Å². The molecule has 0 bridgehead atoms. The van der Waals surface area contributed by atoms with E-state index in [0.717, 1.165) is 16.7 Å². The molecular weight excluding hydrogens is 268 g/mol. The van der Waals surface area contributed by atoms with Crippen LogP contribution >= 0.6 is 0 Å². The lowest BCUT2D eigenvalue weighted by molar-refractivity contribution is -0.131. The second-order valence-electron chi connectivity index (χ2n) is 4.98. The molecule has 3 aromatic rings. The molecule has 108 valence electrons. The van der Waals surface area contributed by atoms with Gasteiger partial charge in [0.15, 0.2) is 0 Å².